The molecule has 2 amide bonds. The Morgan fingerprint density at radius 3 is 2.69 bits per heavy atom. The number of hydrogen-bond acceptors (Lipinski definition) is 2. The molecule has 1 aromatic carbocycles. The molecule has 0 spiro atoms. The minimum atomic E-state index is -0.787. The summed E-state index contributed by atoms with van der Waals surface area (Å²) in [6, 6.07) is 4.91. The number of carbonyl (C=O) groups is 1. The van der Waals surface area contributed by atoms with Crippen molar-refractivity contribution in [2.75, 3.05) is 12.4 Å². The molecule has 0 saturated heterocycles. The number of rotatable bonds is 1. The zero-order chi connectivity index (χ0) is 9.84. The van der Waals surface area contributed by atoms with Crippen LogP contribution in [0.3, 0.4) is 0 Å². The van der Waals surface area contributed by atoms with E-state index in [1.54, 1.807) is 6.07 Å². The van der Waals surface area contributed by atoms with Gasteiger partial charge in [0.25, 0.3) is 0 Å². The number of urea groups is 1. The molecule has 13 heavy (non-hydrogen) atoms. The minimum Gasteiger partial charge on any atom is -0.303 e. The third kappa shape index (κ3) is 2.41. The Hall–Kier alpha value is -1.62. The van der Waals surface area contributed by atoms with Gasteiger partial charge in [0.1, 0.15) is 5.82 Å². The third-order valence-corrected chi connectivity index (χ3v) is 1.41. The van der Waals surface area contributed by atoms with E-state index in [0.717, 1.165) is 7.05 Å². The lowest BCUT2D eigenvalue weighted by atomic mass is 10.3. The summed E-state index contributed by atoms with van der Waals surface area (Å²) in [4.78, 5) is 10.9. The van der Waals surface area contributed by atoms with Crippen LogP contribution in [0.25, 0.3) is 0 Å². The lowest BCUT2D eigenvalue weighted by molar-refractivity contribution is -0.0118. The van der Waals surface area contributed by atoms with Crippen LogP contribution in [0.4, 0.5) is 14.9 Å². The van der Waals surface area contributed by atoms with Gasteiger partial charge >= 0.3 is 6.03 Å². The predicted octanol–water partition coefficient (Wildman–Crippen LogP) is 1.68. The summed E-state index contributed by atoms with van der Waals surface area (Å²) in [7, 11) is 1.15. The lowest BCUT2D eigenvalue weighted by Crippen LogP contribution is -2.28. The SMILES string of the molecule is CN(O)C(=O)Nc1ccccc1F. The number of hydroxylamine groups is 2. The summed E-state index contributed by atoms with van der Waals surface area (Å²) in [5, 5.41) is 11.2. The summed E-state index contributed by atoms with van der Waals surface area (Å²) < 4.78 is 12.9. The Labute approximate surface area is 74.5 Å². The standard InChI is InChI=1S/C8H9FN2O2/c1-11(13)8(12)10-7-5-3-2-4-6(7)9/h2-5,13H,1H3,(H,10,12). The van der Waals surface area contributed by atoms with Gasteiger partial charge < -0.3 is 5.32 Å². The molecule has 4 nitrogen and oxygen atoms in total. The molecule has 0 aliphatic rings. The van der Waals surface area contributed by atoms with Crippen LogP contribution < -0.4 is 5.32 Å². The van der Waals surface area contributed by atoms with Gasteiger partial charge in [-0.05, 0) is 12.1 Å². The molecule has 2 N–H and O–H groups in total. The molecule has 0 heterocycles. The molecule has 0 aliphatic heterocycles. The second-order valence-corrected chi connectivity index (χ2v) is 2.43. The maximum atomic E-state index is 12.9. The van der Waals surface area contributed by atoms with E-state index < -0.39 is 11.8 Å². The summed E-state index contributed by atoms with van der Waals surface area (Å²) >= 11 is 0. The van der Waals surface area contributed by atoms with Crippen molar-refractivity contribution >= 4 is 11.7 Å². The second-order valence-electron chi connectivity index (χ2n) is 2.43. The van der Waals surface area contributed by atoms with Crippen molar-refractivity contribution in [2.24, 2.45) is 0 Å². The van der Waals surface area contributed by atoms with Crippen LogP contribution in [0.1, 0.15) is 0 Å². The van der Waals surface area contributed by atoms with Crippen molar-refractivity contribution in [3.05, 3.63) is 30.1 Å². The van der Waals surface area contributed by atoms with E-state index in [9.17, 15) is 9.18 Å². The van der Waals surface area contributed by atoms with Gasteiger partial charge in [0.05, 0.1) is 5.69 Å². The van der Waals surface area contributed by atoms with Crippen LogP contribution in [0.15, 0.2) is 24.3 Å². The first-order valence-electron chi connectivity index (χ1n) is 3.59. The number of amides is 2. The smallest absolute Gasteiger partial charge is 0.303 e. The number of benzene rings is 1. The van der Waals surface area contributed by atoms with Crippen molar-refractivity contribution in [1.82, 2.24) is 5.06 Å². The highest BCUT2D eigenvalue weighted by Gasteiger charge is 2.07. The Kier molecular flexibility index (Phi) is 2.81. The number of nitrogens with zero attached hydrogens (tertiary/aromatic N) is 1. The first-order valence-corrected chi connectivity index (χ1v) is 3.59. The molecule has 0 fully saturated rings. The Morgan fingerprint density at radius 1 is 1.54 bits per heavy atom. The van der Waals surface area contributed by atoms with E-state index in [0.29, 0.717) is 5.06 Å². The summed E-state index contributed by atoms with van der Waals surface area (Å²) in [5.74, 6) is -0.544. The number of anilines is 1. The highest BCUT2D eigenvalue weighted by Crippen LogP contribution is 2.12. The molecule has 70 valence electrons. The van der Waals surface area contributed by atoms with Crippen LogP contribution in [0.2, 0.25) is 0 Å². The monoisotopic (exact) mass is 184 g/mol. The zero-order valence-corrected chi connectivity index (χ0v) is 6.99. The van der Waals surface area contributed by atoms with Crippen LogP contribution in [-0.4, -0.2) is 23.3 Å². The summed E-state index contributed by atoms with van der Waals surface area (Å²) in [6.07, 6.45) is 0. The molecule has 0 radical (unpaired) electrons. The van der Waals surface area contributed by atoms with Gasteiger partial charge in [-0.15, -0.1) is 0 Å². The molecule has 1 aromatic rings. The van der Waals surface area contributed by atoms with Crippen LogP contribution in [-0.2, 0) is 0 Å². The first kappa shape index (κ1) is 9.47. The van der Waals surface area contributed by atoms with Crippen molar-refractivity contribution in [2.45, 2.75) is 0 Å². The van der Waals surface area contributed by atoms with Crippen LogP contribution in [0.5, 0.6) is 0 Å². The van der Waals surface area contributed by atoms with Crippen molar-refractivity contribution in [1.29, 1.82) is 0 Å². The number of nitrogens with one attached hydrogen (secondary N) is 1. The fraction of sp³-hybridized carbons (Fsp3) is 0.125. The van der Waals surface area contributed by atoms with Crippen molar-refractivity contribution in [3.63, 3.8) is 0 Å². The van der Waals surface area contributed by atoms with E-state index in [2.05, 4.69) is 5.32 Å². The van der Waals surface area contributed by atoms with Crippen molar-refractivity contribution in [3.8, 4) is 0 Å². The number of carbonyl (C=O) groups excluding carboxylic acids is 1. The fourth-order valence-corrected chi connectivity index (χ4v) is 0.759. The molecule has 1 rings (SSSR count). The average Bonchev–Trinajstić information content (AvgIpc) is 2.08. The van der Waals surface area contributed by atoms with Crippen LogP contribution in [0, 0.1) is 5.82 Å². The molecular weight excluding hydrogens is 175 g/mol. The predicted molar refractivity (Wildman–Crippen MR) is 45.0 cm³/mol. The normalized spacial score (nSPS) is 9.46. The Morgan fingerprint density at radius 2 is 2.15 bits per heavy atom. The second kappa shape index (κ2) is 3.86. The van der Waals surface area contributed by atoms with E-state index >= 15 is 0 Å². The highest BCUT2D eigenvalue weighted by atomic mass is 19.1. The topological polar surface area (TPSA) is 52.6 Å². The molecule has 0 unspecified atom stereocenters. The minimum absolute atomic E-state index is 0.0356. The molecule has 0 aliphatic carbocycles. The summed E-state index contributed by atoms with van der Waals surface area (Å²) in [5.41, 5.74) is 0.0356. The molecule has 0 saturated carbocycles. The third-order valence-electron chi connectivity index (χ3n) is 1.41. The van der Waals surface area contributed by atoms with Gasteiger partial charge in [-0.1, -0.05) is 12.1 Å². The quantitative estimate of drug-likeness (QED) is 0.515. The van der Waals surface area contributed by atoms with E-state index in [1.807, 2.05) is 0 Å². The van der Waals surface area contributed by atoms with Gasteiger partial charge in [0, 0.05) is 7.05 Å². The number of halogens is 1. The molecule has 0 aromatic heterocycles. The van der Waals surface area contributed by atoms with Gasteiger partial charge in [0.15, 0.2) is 0 Å². The highest BCUT2D eigenvalue weighted by molar-refractivity contribution is 5.88. The van der Waals surface area contributed by atoms with Gasteiger partial charge in [-0.2, -0.15) is 0 Å². The van der Waals surface area contributed by atoms with Crippen LogP contribution >= 0.6 is 0 Å². The number of para-hydroxylation sites is 1. The Balaban J connectivity index is 2.75. The lowest BCUT2D eigenvalue weighted by Gasteiger charge is -2.10. The fourth-order valence-electron chi connectivity index (χ4n) is 0.759. The summed E-state index contributed by atoms with van der Waals surface area (Å²) in [6.45, 7) is 0. The number of hydrogen-bond donors (Lipinski definition) is 2. The molecule has 0 bridgehead atoms. The van der Waals surface area contributed by atoms with Gasteiger partial charge in [0.2, 0.25) is 0 Å². The maximum Gasteiger partial charge on any atom is 0.345 e. The van der Waals surface area contributed by atoms with Gasteiger partial charge in [-0.25, -0.2) is 14.2 Å². The van der Waals surface area contributed by atoms with E-state index in [-0.39, 0.29) is 5.69 Å². The largest absolute Gasteiger partial charge is 0.345 e. The first-order chi connectivity index (χ1) is 6.11. The zero-order valence-electron chi connectivity index (χ0n) is 6.99. The van der Waals surface area contributed by atoms with E-state index in [1.165, 1.54) is 18.2 Å². The average molecular weight is 184 g/mol. The maximum absolute atomic E-state index is 12.9. The van der Waals surface area contributed by atoms with E-state index in [4.69, 9.17) is 5.21 Å². The molecular formula is C8H9FN2O2. The van der Waals surface area contributed by atoms with Gasteiger partial charge in [-0.3, -0.25) is 5.21 Å². The molecule has 5 heteroatoms. The van der Waals surface area contributed by atoms with Crippen molar-refractivity contribution < 1.29 is 14.4 Å². The molecule has 0 atom stereocenters. The Bertz CT molecular complexity index is 315.